The molecular weight excluding hydrogens is 298 g/mol. The molecule has 0 aliphatic heterocycles. The second-order valence-corrected chi connectivity index (χ2v) is 6.38. The van der Waals surface area contributed by atoms with E-state index in [9.17, 15) is 9.59 Å². The predicted molar refractivity (Wildman–Crippen MR) is 82.4 cm³/mol. The summed E-state index contributed by atoms with van der Waals surface area (Å²) in [6.07, 6.45) is 0. The Morgan fingerprint density at radius 3 is 2.70 bits per heavy atom. The van der Waals surface area contributed by atoms with E-state index in [1.165, 1.54) is 11.8 Å². The highest BCUT2D eigenvalue weighted by atomic mass is 35.5. The van der Waals surface area contributed by atoms with Crippen LogP contribution in [0, 0.1) is 0 Å². The molecule has 0 bridgehead atoms. The maximum absolute atomic E-state index is 12.2. The number of rotatable bonds is 7. The van der Waals surface area contributed by atoms with Crippen LogP contribution in [0.15, 0.2) is 24.3 Å². The highest BCUT2D eigenvalue weighted by Crippen LogP contribution is 2.25. The molecule has 0 saturated carbocycles. The molecule has 0 aliphatic rings. The Bertz CT molecular complexity index is 491. The van der Waals surface area contributed by atoms with Gasteiger partial charge in [-0.05, 0) is 31.5 Å². The lowest BCUT2D eigenvalue weighted by Crippen LogP contribution is -2.41. The number of carbonyl (C=O) groups excluding carboxylic acids is 1. The van der Waals surface area contributed by atoms with Crippen molar-refractivity contribution in [3.8, 4) is 0 Å². The first kappa shape index (κ1) is 16.9. The molecule has 0 unspecified atom stereocenters. The van der Waals surface area contributed by atoms with Crippen molar-refractivity contribution in [1.29, 1.82) is 0 Å². The second-order valence-electron chi connectivity index (χ2n) is 4.84. The number of carboxylic acid groups (broad SMARTS) is 1. The molecule has 0 heterocycles. The van der Waals surface area contributed by atoms with Gasteiger partial charge in [-0.15, -0.1) is 11.8 Å². The molecule has 2 N–H and O–H groups in total. The van der Waals surface area contributed by atoms with Crippen molar-refractivity contribution in [2.24, 2.45) is 0 Å². The normalized spacial score (nSPS) is 11.2. The molecular formula is C14H18ClNO3S. The summed E-state index contributed by atoms with van der Waals surface area (Å²) < 4.78 is 0. The fourth-order valence-corrected chi connectivity index (χ4v) is 2.38. The monoisotopic (exact) mass is 315 g/mol. The van der Waals surface area contributed by atoms with Gasteiger partial charge in [0, 0.05) is 17.3 Å². The summed E-state index contributed by atoms with van der Waals surface area (Å²) in [5.74, 6) is -0.326. The van der Waals surface area contributed by atoms with Gasteiger partial charge in [0.15, 0.2) is 0 Å². The summed E-state index contributed by atoms with van der Waals surface area (Å²) in [4.78, 5) is 22.5. The molecule has 0 saturated heterocycles. The highest BCUT2D eigenvalue weighted by molar-refractivity contribution is 7.99. The van der Waals surface area contributed by atoms with Crippen molar-refractivity contribution >= 4 is 35.2 Å². The zero-order valence-electron chi connectivity index (χ0n) is 11.5. The van der Waals surface area contributed by atoms with Gasteiger partial charge in [0.25, 0.3) is 0 Å². The number of aliphatic carboxylic acids is 1. The minimum Gasteiger partial charge on any atom is -0.481 e. The van der Waals surface area contributed by atoms with Crippen molar-refractivity contribution in [1.82, 2.24) is 5.32 Å². The number of nitrogens with one attached hydrogen (secondary N) is 1. The Labute approximate surface area is 127 Å². The van der Waals surface area contributed by atoms with E-state index in [0.717, 1.165) is 5.56 Å². The van der Waals surface area contributed by atoms with E-state index < -0.39 is 11.4 Å². The van der Waals surface area contributed by atoms with Gasteiger partial charge in [-0.25, -0.2) is 0 Å². The van der Waals surface area contributed by atoms with Crippen LogP contribution in [0.2, 0.25) is 5.02 Å². The molecule has 110 valence electrons. The highest BCUT2D eigenvalue weighted by Gasteiger charge is 2.29. The molecule has 20 heavy (non-hydrogen) atoms. The lowest BCUT2D eigenvalue weighted by atomic mass is 9.84. The molecule has 1 rings (SSSR count). The van der Waals surface area contributed by atoms with E-state index in [0.29, 0.717) is 17.3 Å². The van der Waals surface area contributed by atoms with Gasteiger partial charge < -0.3 is 10.4 Å². The minimum absolute atomic E-state index is 0.0492. The van der Waals surface area contributed by atoms with Gasteiger partial charge in [-0.2, -0.15) is 0 Å². The Morgan fingerprint density at radius 1 is 1.40 bits per heavy atom. The first-order chi connectivity index (χ1) is 9.34. The Balaban J connectivity index is 2.51. The fourth-order valence-electron chi connectivity index (χ4n) is 1.63. The summed E-state index contributed by atoms with van der Waals surface area (Å²) in [5.41, 5.74) is 0.170. The predicted octanol–water partition coefficient (Wildman–Crippen LogP) is 2.55. The van der Waals surface area contributed by atoms with E-state index in [4.69, 9.17) is 16.7 Å². The van der Waals surface area contributed by atoms with E-state index >= 15 is 0 Å². The first-order valence-electron chi connectivity index (χ1n) is 6.18. The van der Waals surface area contributed by atoms with Crippen molar-refractivity contribution in [3.63, 3.8) is 0 Å². The molecule has 0 radical (unpaired) electrons. The van der Waals surface area contributed by atoms with Crippen LogP contribution in [0.4, 0.5) is 0 Å². The minimum atomic E-state index is -0.847. The number of amides is 1. The SMILES string of the molecule is CC(C)(C(=O)NCCSCC(=O)O)c1cccc(Cl)c1. The quantitative estimate of drug-likeness (QED) is 0.759. The molecule has 4 nitrogen and oxygen atoms in total. The molecule has 0 aromatic heterocycles. The van der Waals surface area contributed by atoms with Gasteiger partial charge in [0.2, 0.25) is 5.91 Å². The van der Waals surface area contributed by atoms with Crippen LogP contribution < -0.4 is 5.32 Å². The summed E-state index contributed by atoms with van der Waals surface area (Å²) in [6, 6.07) is 7.22. The van der Waals surface area contributed by atoms with Crippen LogP contribution in [0.5, 0.6) is 0 Å². The van der Waals surface area contributed by atoms with Crippen LogP contribution >= 0.6 is 23.4 Å². The van der Waals surface area contributed by atoms with Gasteiger partial charge in [0.1, 0.15) is 0 Å². The van der Waals surface area contributed by atoms with Crippen LogP contribution in [0.25, 0.3) is 0 Å². The average Bonchev–Trinajstić information content (AvgIpc) is 2.37. The maximum Gasteiger partial charge on any atom is 0.313 e. The molecule has 1 amide bonds. The smallest absolute Gasteiger partial charge is 0.313 e. The second kappa shape index (κ2) is 7.55. The molecule has 1 aromatic carbocycles. The van der Waals surface area contributed by atoms with E-state index in [1.54, 1.807) is 12.1 Å². The topological polar surface area (TPSA) is 66.4 Å². The summed E-state index contributed by atoms with van der Waals surface area (Å²) in [7, 11) is 0. The van der Waals surface area contributed by atoms with Crippen molar-refractivity contribution < 1.29 is 14.7 Å². The molecule has 0 spiro atoms. The average molecular weight is 316 g/mol. The standard InChI is InChI=1S/C14H18ClNO3S/c1-14(2,10-4-3-5-11(15)8-10)13(19)16-6-7-20-9-12(17)18/h3-5,8H,6-7,9H2,1-2H3,(H,16,19)(H,17,18). The van der Waals surface area contributed by atoms with E-state index in [-0.39, 0.29) is 11.7 Å². The van der Waals surface area contributed by atoms with Crippen molar-refractivity contribution in [2.45, 2.75) is 19.3 Å². The van der Waals surface area contributed by atoms with Gasteiger partial charge in [-0.3, -0.25) is 9.59 Å². The Hall–Kier alpha value is -1.20. The van der Waals surface area contributed by atoms with Gasteiger partial charge >= 0.3 is 5.97 Å². The molecule has 0 fully saturated rings. The van der Waals surface area contributed by atoms with Crippen LogP contribution in [0.1, 0.15) is 19.4 Å². The van der Waals surface area contributed by atoms with Crippen molar-refractivity contribution in [2.75, 3.05) is 18.1 Å². The van der Waals surface area contributed by atoms with Crippen LogP contribution in [0.3, 0.4) is 0 Å². The lowest BCUT2D eigenvalue weighted by molar-refractivity contribution is -0.134. The third-order valence-corrected chi connectivity index (χ3v) is 4.05. The third-order valence-electron chi connectivity index (χ3n) is 2.87. The number of carboxylic acids is 1. The number of benzene rings is 1. The summed E-state index contributed by atoms with van der Waals surface area (Å²) >= 11 is 7.22. The molecule has 0 aliphatic carbocycles. The third kappa shape index (κ3) is 5.06. The lowest BCUT2D eigenvalue weighted by Gasteiger charge is -2.24. The largest absolute Gasteiger partial charge is 0.481 e. The zero-order valence-corrected chi connectivity index (χ0v) is 13.1. The summed E-state index contributed by atoms with van der Waals surface area (Å²) in [6.45, 7) is 4.11. The Kier molecular flexibility index (Phi) is 6.36. The van der Waals surface area contributed by atoms with E-state index in [1.807, 2.05) is 26.0 Å². The van der Waals surface area contributed by atoms with Crippen LogP contribution in [-0.4, -0.2) is 35.0 Å². The first-order valence-corrected chi connectivity index (χ1v) is 7.71. The van der Waals surface area contributed by atoms with E-state index in [2.05, 4.69) is 5.32 Å². The number of halogens is 1. The van der Waals surface area contributed by atoms with Gasteiger partial charge in [0.05, 0.1) is 11.2 Å². The maximum atomic E-state index is 12.2. The number of carbonyl (C=O) groups is 2. The fraction of sp³-hybridized carbons (Fsp3) is 0.429. The van der Waals surface area contributed by atoms with Gasteiger partial charge in [-0.1, -0.05) is 23.7 Å². The van der Waals surface area contributed by atoms with Crippen LogP contribution in [-0.2, 0) is 15.0 Å². The van der Waals surface area contributed by atoms with Crippen molar-refractivity contribution in [3.05, 3.63) is 34.9 Å². The summed E-state index contributed by atoms with van der Waals surface area (Å²) in [5, 5.41) is 11.9. The number of hydrogen-bond donors (Lipinski definition) is 2. The molecule has 6 heteroatoms. The zero-order chi connectivity index (χ0) is 15.2. The molecule has 1 aromatic rings. The number of thioether (sulfide) groups is 1. The number of hydrogen-bond acceptors (Lipinski definition) is 3. The Morgan fingerprint density at radius 2 is 2.10 bits per heavy atom. The molecule has 0 atom stereocenters.